The molecule has 0 heterocycles. The lowest BCUT2D eigenvalue weighted by Crippen LogP contribution is -2.01. The van der Waals surface area contributed by atoms with Gasteiger partial charge in [-0.05, 0) is 35.4 Å². The fraction of sp³-hybridized carbons (Fsp3) is 0.158. The topological polar surface area (TPSA) is 20.2 Å². The van der Waals surface area contributed by atoms with Crippen molar-refractivity contribution in [2.45, 2.75) is 18.9 Å². The zero-order valence-electron chi connectivity index (χ0n) is 11.7. The van der Waals surface area contributed by atoms with E-state index in [-0.39, 0.29) is 5.82 Å². The molecule has 1 unspecified atom stereocenters. The Balaban J connectivity index is 1.85. The van der Waals surface area contributed by atoms with Gasteiger partial charge in [-0.15, -0.1) is 0 Å². The summed E-state index contributed by atoms with van der Waals surface area (Å²) < 4.78 is 13.8. The maximum absolute atomic E-state index is 13.8. The lowest BCUT2D eigenvalue weighted by atomic mass is 9.96. The predicted octanol–water partition coefficient (Wildman–Crippen LogP) is 4.65. The van der Waals surface area contributed by atoms with Crippen LogP contribution in [-0.4, -0.2) is 5.11 Å². The Morgan fingerprint density at radius 3 is 2.24 bits per heavy atom. The second-order valence-corrected chi connectivity index (χ2v) is 5.22. The average Bonchev–Trinajstić information content (AvgIpc) is 2.54. The number of rotatable bonds is 4. The lowest BCUT2D eigenvalue weighted by Gasteiger charge is -2.14. The molecule has 0 radical (unpaired) electrons. The maximum atomic E-state index is 13.8. The summed E-state index contributed by atoms with van der Waals surface area (Å²) in [7, 11) is 0. The normalized spacial score (nSPS) is 12.5. The summed E-state index contributed by atoms with van der Waals surface area (Å²) in [4.78, 5) is 0. The van der Waals surface area contributed by atoms with Crippen molar-refractivity contribution in [3.63, 3.8) is 0 Å². The molecule has 1 N–H and O–H groups in total. The molecule has 0 aliphatic heterocycles. The maximum Gasteiger partial charge on any atom is 0.131 e. The second-order valence-electron chi connectivity index (χ2n) is 5.22. The van der Waals surface area contributed by atoms with Crippen molar-refractivity contribution < 1.29 is 9.50 Å². The number of hydrogen-bond donors (Lipinski definition) is 1. The van der Waals surface area contributed by atoms with Gasteiger partial charge in [-0.2, -0.15) is 0 Å². The molecule has 2 heteroatoms. The highest BCUT2D eigenvalue weighted by Gasteiger charge is 2.13. The van der Waals surface area contributed by atoms with E-state index in [4.69, 9.17) is 0 Å². The molecule has 3 aromatic carbocycles. The highest BCUT2D eigenvalue weighted by molar-refractivity contribution is 5.86. The molecule has 3 aromatic rings. The molecule has 1 atom stereocenters. The minimum absolute atomic E-state index is 0.246. The van der Waals surface area contributed by atoms with Crippen molar-refractivity contribution in [3.8, 4) is 0 Å². The summed E-state index contributed by atoms with van der Waals surface area (Å²) in [6, 6.07) is 20.5. The minimum atomic E-state index is -0.587. The average molecular weight is 280 g/mol. The molecule has 0 aromatic heterocycles. The molecule has 0 aliphatic carbocycles. The molecular formula is C19H17FO. The van der Waals surface area contributed by atoms with E-state index in [1.807, 2.05) is 36.4 Å². The van der Waals surface area contributed by atoms with Gasteiger partial charge in [0.1, 0.15) is 5.82 Å². The van der Waals surface area contributed by atoms with Crippen LogP contribution in [0.3, 0.4) is 0 Å². The van der Waals surface area contributed by atoms with Crippen molar-refractivity contribution in [1.29, 1.82) is 0 Å². The number of benzene rings is 3. The van der Waals surface area contributed by atoms with E-state index in [1.165, 1.54) is 11.6 Å². The summed E-state index contributed by atoms with van der Waals surface area (Å²) >= 11 is 0. The van der Waals surface area contributed by atoms with E-state index in [0.29, 0.717) is 11.8 Å². The number of hydrogen-bond acceptors (Lipinski definition) is 1. The fourth-order valence-corrected chi connectivity index (χ4v) is 2.68. The highest BCUT2D eigenvalue weighted by atomic mass is 19.1. The van der Waals surface area contributed by atoms with E-state index >= 15 is 0 Å². The number of halogens is 1. The number of fused-ring (bicyclic) bond motifs is 1. The molecule has 0 saturated carbocycles. The van der Waals surface area contributed by atoms with Crippen LogP contribution in [0.4, 0.5) is 4.39 Å². The Labute approximate surface area is 123 Å². The van der Waals surface area contributed by atoms with Crippen molar-refractivity contribution in [2.75, 3.05) is 0 Å². The number of aliphatic hydroxyl groups excluding tert-OH is 1. The molecule has 0 amide bonds. The Morgan fingerprint density at radius 1 is 0.810 bits per heavy atom. The molecule has 106 valence electrons. The van der Waals surface area contributed by atoms with Crippen LogP contribution in [0.25, 0.3) is 10.8 Å². The third-order valence-corrected chi connectivity index (χ3v) is 3.81. The molecule has 0 aliphatic rings. The summed E-state index contributed by atoms with van der Waals surface area (Å²) in [6.45, 7) is 0. The Hall–Kier alpha value is -2.19. The van der Waals surface area contributed by atoms with Crippen LogP contribution in [0.1, 0.15) is 23.7 Å². The third-order valence-electron chi connectivity index (χ3n) is 3.81. The smallest absolute Gasteiger partial charge is 0.131 e. The first kappa shape index (κ1) is 13.8. The molecule has 1 nitrogen and oxygen atoms in total. The zero-order valence-corrected chi connectivity index (χ0v) is 11.7. The van der Waals surface area contributed by atoms with Gasteiger partial charge >= 0.3 is 0 Å². The first-order chi connectivity index (χ1) is 10.3. The number of aryl methyl sites for hydroxylation is 1. The molecule has 0 saturated heterocycles. The summed E-state index contributed by atoms with van der Waals surface area (Å²) in [5.41, 5.74) is 1.99. The molecule has 0 spiro atoms. The van der Waals surface area contributed by atoms with Gasteiger partial charge in [0.25, 0.3) is 0 Å². The quantitative estimate of drug-likeness (QED) is 0.738. The van der Waals surface area contributed by atoms with E-state index in [9.17, 15) is 9.50 Å². The standard InChI is InChI=1S/C19H17FO/c20-18-12-11-17(15-8-4-5-9-16(15)18)19(21)13-10-14-6-2-1-3-7-14/h1-9,11-12,19,21H,10,13H2. The van der Waals surface area contributed by atoms with Crippen LogP contribution in [0.5, 0.6) is 0 Å². The van der Waals surface area contributed by atoms with Gasteiger partial charge in [0.15, 0.2) is 0 Å². The van der Waals surface area contributed by atoms with Crippen molar-refractivity contribution in [2.24, 2.45) is 0 Å². The van der Waals surface area contributed by atoms with Gasteiger partial charge in [-0.1, -0.05) is 60.7 Å². The predicted molar refractivity (Wildman–Crippen MR) is 83.6 cm³/mol. The minimum Gasteiger partial charge on any atom is -0.388 e. The van der Waals surface area contributed by atoms with Crippen LogP contribution in [0.2, 0.25) is 0 Å². The molecule has 0 fully saturated rings. The molecule has 0 bridgehead atoms. The van der Waals surface area contributed by atoms with Crippen LogP contribution in [0, 0.1) is 5.82 Å². The van der Waals surface area contributed by atoms with Crippen molar-refractivity contribution >= 4 is 10.8 Å². The van der Waals surface area contributed by atoms with Gasteiger partial charge < -0.3 is 5.11 Å². The second kappa shape index (κ2) is 6.06. The molecule has 3 rings (SSSR count). The summed E-state index contributed by atoms with van der Waals surface area (Å²) in [5.74, 6) is -0.246. The SMILES string of the molecule is OC(CCc1ccccc1)c1ccc(F)c2ccccc12. The summed E-state index contributed by atoms with van der Waals surface area (Å²) in [6.07, 6.45) is 0.837. The van der Waals surface area contributed by atoms with Gasteiger partial charge in [-0.3, -0.25) is 0 Å². The van der Waals surface area contributed by atoms with Crippen molar-refractivity contribution in [1.82, 2.24) is 0 Å². The van der Waals surface area contributed by atoms with E-state index in [2.05, 4.69) is 12.1 Å². The van der Waals surface area contributed by atoms with Crippen LogP contribution in [0.15, 0.2) is 66.7 Å². The van der Waals surface area contributed by atoms with Gasteiger partial charge in [0.05, 0.1) is 6.10 Å². The fourth-order valence-electron chi connectivity index (χ4n) is 2.68. The zero-order chi connectivity index (χ0) is 14.7. The third kappa shape index (κ3) is 2.96. The van der Waals surface area contributed by atoms with E-state index in [1.54, 1.807) is 12.1 Å². The summed E-state index contributed by atoms with van der Waals surface area (Å²) in [5, 5.41) is 11.8. The lowest BCUT2D eigenvalue weighted by molar-refractivity contribution is 0.169. The molecule has 21 heavy (non-hydrogen) atoms. The highest BCUT2D eigenvalue weighted by Crippen LogP contribution is 2.28. The van der Waals surface area contributed by atoms with Gasteiger partial charge in [-0.25, -0.2) is 4.39 Å². The first-order valence-electron chi connectivity index (χ1n) is 7.15. The largest absolute Gasteiger partial charge is 0.388 e. The first-order valence-corrected chi connectivity index (χ1v) is 7.15. The van der Waals surface area contributed by atoms with Crippen molar-refractivity contribution in [3.05, 3.63) is 83.7 Å². The monoisotopic (exact) mass is 280 g/mol. The van der Waals surface area contributed by atoms with Gasteiger partial charge in [0.2, 0.25) is 0 Å². The van der Waals surface area contributed by atoms with Crippen LogP contribution in [-0.2, 0) is 6.42 Å². The van der Waals surface area contributed by atoms with Crippen LogP contribution >= 0.6 is 0 Å². The Kier molecular flexibility index (Phi) is 3.98. The number of aliphatic hydroxyl groups is 1. The van der Waals surface area contributed by atoms with E-state index < -0.39 is 6.10 Å². The van der Waals surface area contributed by atoms with E-state index in [0.717, 1.165) is 17.4 Å². The Morgan fingerprint density at radius 2 is 1.48 bits per heavy atom. The Bertz CT molecular complexity index is 737. The van der Waals surface area contributed by atoms with Crippen LogP contribution < -0.4 is 0 Å². The molecular weight excluding hydrogens is 263 g/mol. The van der Waals surface area contributed by atoms with Gasteiger partial charge in [0, 0.05) is 5.39 Å².